The minimum absolute atomic E-state index is 1.02. The third-order valence-corrected chi connectivity index (χ3v) is 27.3. The van der Waals surface area contributed by atoms with Crippen LogP contribution in [-0.4, -0.2) is 24.9 Å². The fraction of sp³-hybridized carbons (Fsp3) is 0.00769. The Morgan fingerprint density at radius 2 is 0.407 bits per heavy atom. The fourth-order valence-corrected chi connectivity index (χ4v) is 21.5. The smallest absolute Gasteiger partial charge is 0.0794 e. The Morgan fingerprint density at radius 1 is 0.141 bits per heavy atom. The summed E-state index contributed by atoms with van der Waals surface area (Å²) in [6, 6.07) is 165. The van der Waals surface area contributed by atoms with Crippen LogP contribution >= 0.6 is 0 Å². The number of benzene rings is 19. The third-order valence-electron chi connectivity index (χ3n) is 27.3. The normalized spacial score (nSPS) is 11.6. The number of fused-ring (bicyclic) bond motifs is 15. The zero-order valence-electron chi connectivity index (χ0n) is 73.9. The van der Waals surface area contributed by atoms with Crippen molar-refractivity contribution in [3.05, 3.63) is 491 Å². The van der Waals surface area contributed by atoms with Gasteiger partial charge < -0.3 is 0 Å². The molecule has 5 heterocycles. The summed E-state index contributed by atoms with van der Waals surface area (Å²) >= 11 is 0. The van der Waals surface area contributed by atoms with Crippen LogP contribution in [0, 0.1) is 6.92 Å². The summed E-state index contributed by atoms with van der Waals surface area (Å²) in [7, 11) is 0. The highest BCUT2D eigenvalue weighted by Crippen LogP contribution is 2.59. The standard InChI is InChI=1S/C28H19N.3C27H17N.C21H13N/c1-18-24-22-16-8-14-19-15-9-17-23(25(19)22)26(24)28(21-12-6-3-7-13-21)29-27(18)20-10-4-2-5-11-20;1-3-9-19(10-4-1)25-26-22-16-8-14-18-13-7-15-21(24(18)22)23(26)17-28-27(25)20-11-5-2-6-12-20;1-3-9-18(10-4-1)24-17-23-21-15-7-13-19-14-8-16-22(25(19)21)26(23)27(28-24)20-11-5-2-6-12-20;1-3-9-18(10-4-1)23-17-28-27(20-11-5-2-6-12-20)26-22-16-8-14-19-13-7-15-21(24(19)22)25(23)26;1-2-6-14(7-3-1)20-12-18-16-10-4-8-15-9-5-11-17(21(15)16)19(18)13-22-20/h2-17H,1H3;3*1-17H;1-13H. The van der Waals surface area contributed by atoms with Crippen LogP contribution in [-0.2, 0) is 0 Å². The van der Waals surface area contributed by atoms with Gasteiger partial charge in [-0.2, -0.15) is 0 Å². The molecule has 0 radical (unpaired) electrons. The van der Waals surface area contributed by atoms with Gasteiger partial charge in [0.1, 0.15) is 0 Å². The Balaban J connectivity index is 0.0000000903. The molecule has 628 valence electrons. The summed E-state index contributed by atoms with van der Waals surface area (Å²) in [4.78, 5) is 25.0. The molecule has 5 heteroatoms. The van der Waals surface area contributed by atoms with E-state index >= 15 is 0 Å². The number of aromatic nitrogens is 5. The van der Waals surface area contributed by atoms with Crippen LogP contribution in [0.25, 0.3) is 266 Å². The van der Waals surface area contributed by atoms with Crippen molar-refractivity contribution in [3.63, 3.8) is 0 Å². The Morgan fingerprint density at radius 3 is 0.837 bits per heavy atom. The maximum Gasteiger partial charge on any atom is 0.0794 e. The van der Waals surface area contributed by atoms with Crippen LogP contribution < -0.4 is 0 Å². The van der Waals surface area contributed by atoms with Gasteiger partial charge in [0.25, 0.3) is 0 Å². The van der Waals surface area contributed by atoms with Crippen molar-refractivity contribution in [1.82, 2.24) is 24.9 Å². The average molecular weight is 1720 g/mol. The van der Waals surface area contributed by atoms with E-state index in [4.69, 9.17) is 24.9 Å². The molecule has 0 bridgehead atoms. The van der Waals surface area contributed by atoms with Crippen molar-refractivity contribution in [1.29, 1.82) is 0 Å². The monoisotopic (exact) mass is 1710 g/mol. The molecule has 5 aliphatic rings. The lowest BCUT2D eigenvalue weighted by molar-refractivity contribution is 1.28. The third kappa shape index (κ3) is 13.7. The van der Waals surface area contributed by atoms with Crippen LogP contribution in [0.1, 0.15) is 5.56 Å². The second-order valence-corrected chi connectivity index (χ2v) is 35.0. The van der Waals surface area contributed by atoms with Gasteiger partial charge in [0.05, 0.1) is 39.9 Å². The molecule has 29 rings (SSSR count). The summed E-state index contributed by atoms with van der Waals surface area (Å²) in [5.74, 6) is 0. The van der Waals surface area contributed by atoms with Gasteiger partial charge in [-0.25, -0.2) is 9.97 Å². The summed E-state index contributed by atoms with van der Waals surface area (Å²) in [6.45, 7) is 2.22. The van der Waals surface area contributed by atoms with E-state index in [2.05, 4.69) is 468 Å². The molecule has 0 saturated heterocycles. The molecule has 19 aromatic carbocycles. The lowest BCUT2D eigenvalue weighted by Crippen LogP contribution is -1.97. The van der Waals surface area contributed by atoms with Crippen molar-refractivity contribution in [2.24, 2.45) is 0 Å². The van der Waals surface area contributed by atoms with E-state index in [1.54, 1.807) is 0 Å². The molecule has 24 aromatic rings. The van der Waals surface area contributed by atoms with Crippen molar-refractivity contribution >= 4 is 53.9 Å². The Bertz CT molecular complexity index is 8640. The van der Waals surface area contributed by atoms with E-state index in [-0.39, 0.29) is 0 Å². The SMILES string of the molecule is Cc1c(-c2ccccc2)nc(-c2ccccc2)c2c1-c1cccc3cccc-2c13.c1ccc(-c2cc3c(c(-c4ccccc4)n2)-c2cccc4cccc-3c24)cc1.c1ccc(-c2cc3c(cn2)-c2cccc4cccc-3c24)cc1.c1ccc(-c2cnc(-c3ccccc3)c3c2-c2cccc4cccc-3c24)cc1.c1ccc(-c2ncc3c(c2-c2ccccc2)-c2cccc4cccc-3c24)cc1. The molecule has 0 unspecified atom stereocenters. The largest absolute Gasteiger partial charge is 0.256 e. The lowest BCUT2D eigenvalue weighted by Gasteiger charge is -2.17. The van der Waals surface area contributed by atoms with Gasteiger partial charge >= 0.3 is 0 Å². The summed E-state index contributed by atoms with van der Waals surface area (Å²) in [6.07, 6.45) is 6.12. The highest BCUT2D eigenvalue weighted by Gasteiger charge is 2.34. The van der Waals surface area contributed by atoms with E-state index in [1.807, 2.05) is 24.5 Å². The van der Waals surface area contributed by atoms with Gasteiger partial charge in [-0.15, -0.1) is 0 Å². The predicted molar refractivity (Wildman–Crippen MR) is 565 cm³/mol. The molecule has 0 fully saturated rings. The maximum absolute atomic E-state index is 5.25. The first-order valence-corrected chi connectivity index (χ1v) is 46.2. The van der Waals surface area contributed by atoms with E-state index in [0.717, 1.165) is 78.8 Å². The van der Waals surface area contributed by atoms with Gasteiger partial charge in [-0.3, -0.25) is 15.0 Å². The topological polar surface area (TPSA) is 64.5 Å². The molecular weight excluding hydrogens is 1630 g/mol. The molecule has 0 spiro atoms. The van der Waals surface area contributed by atoms with Crippen LogP contribution in [0.15, 0.2) is 486 Å². The van der Waals surface area contributed by atoms with Crippen molar-refractivity contribution < 1.29 is 0 Å². The van der Waals surface area contributed by atoms with Crippen molar-refractivity contribution in [2.45, 2.75) is 6.92 Å². The quantitative estimate of drug-likeness (QED) is 0.144. The summed E-state index contributed by atoms with van der Waals surface area (Å²) in [5, 5.41) is 13.1. The first-order chi connectivity index (χ1) is 67.0. The zero-order chi connectivity index (χ0) is 89.4. The molecular formula is C130H83N5. The van der Waals surface area contributed by atoms with Crippen LogP contribution in [0.4, 0.5) is 0 Å². The lowest BCUT2D eigenvalue weighted by atomic mass is 9.90. The number of hydrogen-bond acceptors (Lipinski definition) is 5. The number of hydrogen-bond donors (Lipinski definition) is 0. The average Bonchev–Trinajstić information content (AvgIpc) is 1.58. The van der Waals surface area contributed by atoms with Crippen molar-refractivity contribution in [2.75, 3.05) is 0 Å². The Kier molecular flexibility index (Phi) is 19.8. The molecule has 5 nitrogen and oxygen atoms in total. The summed E-state index contributed by atoms with van der Waals surface area (Å²) in [5.41, 5.74) is 47.2. The Hall–Kier alpha value is -17.8. The molecule has 0 aliphatic heterocycles. The molecule has 0 saturated carbocycles. The van der Waals surface area contributed by atoms with E-state index < -0.39 is 0 Å². The van der Waals surface area contributed by atoms with E-state index in [1.165, 1.54) is 193 Å². The zero-order valence-corrected chi connectivity index (χ0v) is 73.9. The molecule has 5 aliphatic carbocycles. The van der Waals surface area contributed by atoms with Gasteiger partial charge in [0.15, 0.2) is 0 Å². The van der Waals surface area contributed by atoms with Gasteiger partial charge in [0.2, 0.25) is 0 Å². The first-order valence-electron chi connectivity index (χ1n) is 46.2. The Labute approximate surface area is 783 Å². The van der Waals surface area contributed by atoms with Crippen molar-refractivity contribution in [3.8, 4) is 212 Å². The number of pyridine rings is 5. The molecule has 5 aromatic heterocycles. The summed E-state index contributed by atoms with van der Waals surface area (Å²) < 4.78 is 0. The molecule has 0 amide bonds. The second kappa shape index (κ2) is 33.6. The number of nitrogens with zero attached hydrogens (tertiary/aromatic N) is 5. The fourth-order valence-electron chi connectivity index (χ4n) is 21.5. The minimum atomic E-state index is 1.02. The highest BCUT2D eigenvalue weighted by atomic mass is 14.8. The van der Waals surface area contributed by atoms with E-state index in [9.17, 15) is 0 Å². The maximum atomic E-state index is 5.25. The highest BCUT2D eigenvalue weighted by molar-refractivity contribution is 6.24. The predicted octanol–water partition coefficient (Wildman–Crippen LogP) is 34.7. The van der Waals surface area contributed by atoms with Gasteiger partial charge in [0, 0.05) is 108 Å². The molecule has 0 atom stereocenters. The molecule has 0 N–H and O–H groups in total. The second-order valence-electron chi connectivity index (χ2n) is 35.0. The van der Waals surface area contributed by atoms with E-state index in [0.29, 0.717) is 0 Å². The van der Waals surface area contributed by atoms with Gasteiger partial charge in [-0.1, -0.05) is 455 Å². The minimum Gasteiger partial charge on any atom is -0.256 e. The first kappa shape index (κ1) is 79.4. The number of rotatable bonds is 9. The van der Waals surface area contributed by atoms with Crippen LogP contribution in [0.3, 0.4) is 0 Å². The van der Waals surface area contributed by atoms with Gasteiger partial charge in [-0.05, 0) is 162 Å². The molecule has 135 heavy (non-hydrogen) atoms. The van der Waals surface area contributed by atoms with Crippen LogP contribution in [0.5, 0.6) is 0 Å². The van der Waals surface area contributed by atoms with Crippen LogP contribution in [0.2, 0.25) is 0 Å².